The molecule has 0 aliphatic heterocycles. The van der Waals surface area contributed by atoms with Gasteiger partial charge in [-0.2, -0.15) is 0 Å². The average Bonchev–Trinajstić information content (AvgIpc) is 2.89. The molecule has 0 radical (unpaired) electrons. The normalized spacial score (nSPS) is 11.2. The van der Waals surface area contributed by atoms with Gasteiger partial charge in [-0.25, -0.2) is 0 Å². The molecule has 0 unspecified atom stereocenters. The van der Waals surface area contributed by atoms with Gasteiger partial charge in [0.1, 0.15) is 5.69 Å². The molecule has 0 amide bonds. The van der Waals surface area contributed by atoms with E-state index in [0.717, 1.165) is 43.7 Å². The van der Waals surface area contributed by atoms with E-state index in [0.29, 0.717) is 5.69 Å². The van der Waals surface area contributed by atoms with Crippen LogP contribution in [-0.4, -0.2) is 9.91 Å². The van der Waals surface area contributed by atoms with Crippen molar-refractivity contribution < 1.29 is 4.92 Å². The molecule has 1 aromatic heterocycles. The van der Waals surface area contributed by atoms with Crippen LogP contribution in [0, 0.1) is 10.1 Å². The Morgan fingerprint density at radius 1 is 0.647 bits per heavy atom. The molecule has 0 aliphatic carbocycles. The number of nitro groups is 1. The standard InChI is InChI=1S/C29H19N3O2/c33-32(34)27-16-14-21-8-3-6-12-26(21)29(27)31(24-15-13-20-7-1-2-9-22(20)17-24)28-19-30-18-23-10-4-5-11-25(23)28/h1-19H. The fraction of sp³-hybridized carbons (Fsp3) is 0. The third-order valence-corrected chi connectivity index (χ3v) is 6.18. The van der Waals surface area contributed by atoms with Gasteiger partial charge >= 0.3 is 0 Å². The largest absolute Gasteiger partial charge is 0.302 e. The highest BCUT2D eigenvalue weighted by Gasteiger charge is 2.26. The van der Waals surface area contributed by atoms with Gasteiger partial charge in [0, 0.05) is 34.1 Å². The van der Waals surface area contributed by atoms with Gasteiger partial charge in [0.25, 0.3) is 5.69 Å². The first kappa shape index (κ1) is 19.9. The molecule has 5 nitrogen and oxygen atoms in total. The highest BCUT2D eigenvalue weighted by atomic mass is 16.6. The zero-order valence-corrected chi connectivity index (χ0v) is 18.1. The lowest BCUT2D eigenvalue weighted by molar-refractivity contribution is -0.383. The fourth-order valence-corrected chi connectivity index (χ4v) is 4.61. The van der Waals surface area contributed by atoms with E-state index in [1.54, 1.807) is 18.3 Å². The third kappa shape index (κ3) is 3.22. The van der Waals surface area contributed by atoms with Crippen molar-refractivity contribution in [2.75, 3.05) is 4.90 Å². The number of hydrogen-bond donors (Lipinski definition) is 0. The smallest absolute Gasteiger partial charge is 0.293 e. The summed E-state index contributed by atoms with van der Waals surface area (Å²) in [7, 11) is 0. The Morgan fingerprint density at radius 2 is 1.29 bits per heavy atom. The van der Waals surface area contributed by atoms with Crippen LogP contribution in [0.25, 0.3) is 32.3 Å². The number of pyridine rings is 1. The molecular weight excluding hydrogens is 422 g/mol. The Bertz CT molecular complexity index is 1710. The van der Waals surface area contributed by atoms with Crippen molar-refractivity contribution in [1.29, 1.82) is 0 Å². The molecule has 0 aliphatic rings. The van der Waals surface area contributed by atoms with Crippen LogP contribution in [0.3, 0.4) is 0 Å². The zero-order chi connectivity index (χ0) is 23.1. The van der Waals surface area contributed by atoms with Crippen molar-refractivity contribution in [3.05, 3.63) is 126 Å². The van der Waals surface area contributed by atoms with Crippen molar-refractivity contribution in [2.24, 2.45) is 0 Å². The van der Waals surface area contributed by atoms with Gasteiger partial charge in [-0.1, -0.05) is 78.9 Å². The first-order valence-electron chi connectivity index (χ1n) is 11.0. The summed E-state index contributed by atoms with van der Waals surface area (Å²) in [6, 6.07) is 33.4. The number of fused-ring (bicyclic) bond motifs is 3. The van der Waals surface area contributed by atoms with E-state index >= 15 is 0 Å². The van der Waals surface area contributed by atoms with Crippen molar-refractivity contribution in [3.8, 4) is 0 Å². The minimum Gasteiger partial charge on any atom is -0.302 e. The number of benzene rings is 5. The monoisotopic (exact) mass is 441 g/mol. The van der Waals surface area contributed by atoms with E-state index in [1.165, 1.54) is 0 Å². The van der Waals surface area contributed by atoms with Crippen LogP contribution in [0.1, 0.15) is 0 Å². The van der Waals surface area contributed by atoms with Crippen LogP contribution in [0.15, 0.2) is 116 Å². The Kier molecular flexibility index (Phi) is 4.66. The Balaban J connectivity index is 1.75. The third-order valence-electron chi connectivity index (χ3n) is 6.18. The molecule has 0 fully saturated rings. The molecule has 0 bridgehead atoms. The number of aromatic nitrogens is 1. The number of anilines is 3. The van der Waals surface area contributed by atoms with E-state index in [2.05, 4.69) is 23.2 Å². The predicted octanol–water partition coefficient (Wildman–Crippen LogP) is 7.92. The van der Waals surface area contributed by atoms with Gasteiger partial charge in [-0.05, 0) is 34.4 Å². The first-order chi connectivity index (χ1) is 16.7. The van der Waals surface area contributed by atoms with E-state index in [1.807, 2.05) is 83.9 Å². The number of nitrogens with zero attached hydrogens (tertiary/aromatic N) is 3. The summed E-state index contributed by atoms with van der Waals surface area (Å²) >= 11 is 0. The van der Waals surface area contributed by atoms with E-state index in [-0.39, 0.29) is 10.6 Å². The number of hydrogen-bond acceptors (Lipinski definition) is 4. The summed E-state index contributed by atoms with van der Waals surface area (Å²) in [5.74, 6) is 0. The molecule has 1 heterocycles. The molecule has 6 aromatic rings. The lowest BCUT2D eigenvalue weighted by atomic mass is 10.0. The Morgan fingerprint density at radius 3 is 2.09 bits per heavy atom. The second kappa shape index (κ2) is 7.98. The minimum absolute atomic E-state index is 0.0415. The van der Waals surface area contributed by atoms with Crippen LogP contribution in [0.5, 0.6) is 0 Å². The lowest BCUT2D eigenvalue weighted by Gasteiger charge is -2.27. The van der Waals surface area contributed by atoms with Crippen molar-refractivity contribution in [1.82, 2.24) is 4.98 Å². The maximum Gasteiger partial charge on any atom is 0.293 e. The van der Waals surface area contributed by atoms with Gasteiger partial charge in [0.15, 0.2) is 0 Å². The molecule has 0 saturated heterocycles. The highest BCUT2D eigenvalue weighted by molar-refractivity contribution is 6.07. The highest BCUT2D eigenvalue weighted by Crippen LogP contribution is 2.46. The maximum atomic E-state index is 12.3. The molecule has 0 spiro atoms. The van der Waals surface area contributed by atoms with Gasteiger partial charge < -0.3 is 4.90 Å². The molecule has 162 valence electrons. The molecule has 5 heteroatoms. The summed E-state index contributed by atoms with van der Waals surface area (Å²) < 4.78 is 0. The summed E-state index contributed by atoms with van der Waals surface area (Å²) in [5.41, 5.74) is 2.18. The van der Waals surface area contributed by atoms with Crippen molar-refractivity contribution in [3.63, 3.8) is 0 Å². The second-order valence-electron chi connectivity index (χ2n) is 8.16. The van der Waals surface area contributed by atoms with E-state index < -0.39 is 0 Å². The quantitative estimate of drug-likeness (QED) is 0.206. The summed E-state index contributed by atoms with van der Waals surface area (Å²) in [6.45, 7) is 0. The molecule has 34 heavy (non-hydrogen) atoms. The van der Waals surface area contributed by atoms with Crippen LogP contribution >= 0.6 is 0 Å². The predicted molar refractivity (Wildman–Crippen MR) is 138 cm³/mol. The summed E-state index contributed by atoms with van der Waals surface area (Å²) in [6.07, 6.45) is 3.60. The van der Waals surface area contributed by atoms with Crippen molar-refractivity contribution >= 4 is 55.1 Å². The van der Waals surface area contributed by atoms with Gasteiger partial charge in [0.05, 0.1) is 16.8 Å². The molecule has 0 saturated carbocycles. The van der Waals surface area contributed by atoms with E-state index in [4.69, 9.17) is 0 Å². The lowest BCUT2D eigenvalue weighted by Crippen LogP contribution is -2.13. The summed E-state index contributed by atoms with van der Waals surface area (Å²) in [5, 5.41) is 18.1. The molecule has 6 rings (SSSR count). The molecule has 0 atom stereocenters. The fourth-order valence-electron chi connectivity index (χ4n) is 4.61. The Labute approximate surface area is 195 Å². The van der Waals surface area contributed by atoms with Gasteiger partial charge in [0.2, 0.25) is 0 Å². The zero-order valence-electron chi connectivity index (χ0n) is 18.1. The topological polar surface area (TPSA) is 59.3 Å². The van der Waals surface area contributed by atoms with Gasteiger partial charge in [-0.15, -0.1) is 0 Å². The second-order valence-corrected chi connectivity index (χ2v) is 8.16. The van der Waals surface area contributed by atoms with Gasteiger partial charge in [-0.3, -0.25) is 15.1 Å². The van der Waals surface area contributed by atoms with Crippen LogP contribution in [-0.2, 0) is 0 Å². The Hall–Kier alpha value is -4.77. The summed E-state index contributed by atoms with van der Waals surface area (Å²) in [4.78, 5) is 18.4. The minimum atomic E-state index is -0.311. The molecular formula is C29H19N3O2. The number of nitro benzene ring substituents is 1. The van der Waals surface area contributed by atoms with Crippen LogP contribution in [0.2, 0.25) is 0 Å². The molecule has 5 aromatic carbocycles. The van der Waals surface area contributed by atoms with Crippen molar-refractivity contribution in [2.45, 2.75) is 0 Å². The maximum absolute atomic E-state index is 12.3. The number of rotatable bonds is 4. The average molecular weight is 441 g/mol. The van der Waals surface area contributed by atoms with Crippen LogP contribution < -0.4 is 4.90 Å². The van der Waals surface area contributed by atoms with Crippen LogP contribution in [0.4, 0.5) is 22.7 Å². The molecule has 0 N–H and O–H groups in total. The van der Waals surface area contributed by atoms with E-state index in [9.17, 15) is 10.1 Å². The SMILES string of the molecule is O=[N+]([O-])c1ccc2ccccc2c1N(c1ccc2ccccc2c1)c1cncc2ccccc12. The first-order valence-corrected chi connectivity index (χ1v) is 11.0.